The molecule has 2 aromatic rings. The van der Waals surface area contributed by atoms with Crippen LogP contribution in [0.1, 0.15) is 22.5 Å². The van der Waals surface area contributed by atoms with Crippen LogP contribution >= 0.6 is 34.5 Å². The van der Waals surface area contributed by atoms with Gasteiger partial charge in [-0.25, -0.2) is 4.39 Å². The summed E-state index contributed by atoms with van der Waals surface area (Å²) < 4.78 is 14.0. The Labute approximate surface area is 124 Å². The molecule has 6 heteroatoms. The molecule has 2 rings (SSSR count). The lowest BCUT2D eigenvalue weighted by Gasteiger charge is -2.22. The van der Waals surface area contributed by atoms with Gasteiger partial charge in [-0.3, -0.25) is 0 Å². The second kappa shape index (κ2) is 6.20. The van der Waals surface area contributed by atoms with Crippen molar-refractivity contribution in [2.45, 2.75) is 12.0 Å². The molecule has 1 aromatic carbocycles. The van der Waals surface area contributed by atoms with E-state index in [0.717, 1.165) is 0 Å². The minimum atomic E-state index is -0.953. The molecule has 0 bridgehead atoms. The molecule has 3 N–H and O–H groups in total. The number of hydrogen-bond acceptors (Lipinski definition) is 3. The maximum absolute atomic E-state index is 14.0. The highest BCUT2D eigenvalue weighted by Crippen LogP contribution is 2.38. The van der Waals surface area contributed by atoms with Crippen LogP contribution in [0.4, 0.5) is 4.39 Å². The third-order valence-electron chi connectivity index (χ3n) is 2.93. The molecule has 0 fully saturated rings. The van der Waals surface area contributed by atoms with Crippen LogP contribution in [0.3, 0.4) is 0 Å². The second-order valence-electron chi connectivity index (χ2n) is 4.06. The topological polar surface area (TPSA) is 46.2 Å². The highest BCUT2D eigenvalue weighted by molar-refractivity contribution is 7.10. The van der Waals surface area contributed by atoms with Gasteiger partial charge in [0.25, 0.3) is 0 Å². The van der Waals surface area contributed by atoms with E-state index in [-0.39, 0.29) is 11.6 Å². The molecule has 0 spiro atoms. The second-order valence-corrected chi connectivity index (χ2v) is 5.82. The van der Waals surface area contributed by atoms with Crippen LogP contribution < -0.4 is 5.73 Å². The molecule has 2 atom stereocenters. The Morgan fingerprint density at radius 3 is 2.58 bits per heavy atom. The summed E-state index contributed by atoms with van der Waals surface area (Å²) in [4.78, 5) is 0.580. The molecule has 102 valence electrons. The van der Waals surface area contributed by atoms with Crippen LogP contribution in [0.25, 0.3) is 0 Å². The number of aliphatic hydroxyl groups is 1. The Kier molecular flexibility index (Phi) is 4.81. The molecule has 2 unspecified atom stereocenters. The van der Waals surface area contributed by atoms with E-state index >= 15 is 0 Å². The van der Waals surface area contributed by atoms with Crippen LogP contribution in [-0.4, -0.2) is 11.7 Å². The van der Waals surface area contributed by atoms with Crippen molar-refractivity contribution in [2.75, 3.05) is 6.54 Å². The van der Waals surface area contributed by atoms with Gasteiger partial charge in [-0.1, -0.05) is 35.3 Å². The fourth-order valence-electron chi connectivity index (χ4n) is 1.93. The molecule has 0 amide bonds. The van der Waals surface area contributed by atoms with Gasteiger partial charge in [0.1, 0.15) is 5.82 Å². The van der Waals surface area contributed by atoms with Crippen LogP contribution in [0.15, 0.2) is 29.6 Å². The van der Waals surface area contributed by atoms with E-state index < -0.39 is 17.8 Å². The Bertz CT molecular complexity index is 576. The van der Waals surface area contributed by atoms with Crippen molar-refractivity contribution in [1.29, 1.82) is 0 Å². The predicted molar refractivity (Wildman–Crippen MR) is 77.5 cm³/mol. The normalized spacial score (nSPS) is 14.4. The van der Waals surface area contributed by atoms with Crippen molar-refractivity contribution in [3.8, 4) is 0 Å². The van der Waals surface area contributed by atoms with Crippen molar-refractivity contribution < 1.29 is 9.50 Å². The van der Waals surface area contributed by atoms with E-state index in [4.69, 9.17) is 28.9 Å². The molecular formula is C13H12Cl2FNOS. The van der Waals surface area contributed by atoms with E-state index in [1.165, 1.54) is 17.4 Å². The summed E-state index contributed by atoms with van der Waals surface area (Å²) in [6.07, 6.45) is -0.953. The largest absolute Gasteiger partial charge is 0.387 e. The SMILES string of the molecule is NCC(c1cccc(Cl)c1F)C(O)c1sccc1Cl. The lowest BCUT2D eigenvalue weighted by molar-refractivity contribution is 0.149. The molecule has 0 saturated carbocycles. The van der Waals surface area contributed by atoms with Crippen molar-refractivity contribution in [1.82, 2.24) is 0 Å². The van der Waals surface area contributed by atoms with Gasteiger partial charge >= 0.3 is 0 Å². The van der Waals surface area contributed by atoms with Gasteiger partial charge in [-0.2, -0.15) is 0 Å². The van der Waals surface area contributed by atoms with Crippen molar-refractivity contribution in [2.24, 2.45) is 5.73 Å². The Morgan fingerprint density at radius 1 is 1.26 bits per heavy atom. The molecule has 0 aliphatic carbocycles. The van der Waals surface area contributed by atoms with E-state index in [1.807, 2.05) is 0 Å². The van der Waals surface area contributed by atoms with Crippen molar-refractivity contribution in [3.63, 3.8) is 0 Å². The fourth-order valence-corrected chi connectivity index (χ4v) is 3.33. The number of rotatable bonds is 4. The van der Waals surface area contributed by atoms with Crippen molar-refractivity contribution in [3.05, 3.63) is 55.9 Å². The van der Waals surface area contributed by atoms with E-state index in [1.54, 1.807) is 23.6 Å². The zero-order valence-electron chi connectivity index (χ0n) is 9.82. The van der Waals surface area contributed by atoms with E-state index in [9.17, 15) is 9.50 Å². The Morgan fingerprint density at radius 2 is 2.00 bits per heavy atom. The lowest BCUT2D eigenvalue weighted by Crippen LogP contribution is -2.21. The monoisotopic (exact) mass is 319 g/mol. The first-order valence-corrected chi connectivity index (χ1v) is 7.24. The summed E-state index contributed by atoms with van der Waals surface area (Å²) >= 11 is 13.1. The average Bonchev–Trinajstić information content (AvgIpc) is 2.81. The number of hydrogen-bond donors (Lipinski definition) is 2. The van der Waals surface area contributed by atoms with Crippen LogP contribution in [0.2, 0.25) is 10.0 Å². The standard InChI is InChI=1S/C13H12Cl2FNOS/c14-9-3-1-2-7(11(9)16)8(6-17)12(18)13-10(15)4-5-19-13/h1-5,8,12,18H,6,17H2. The smallest absolute Gasteiger partial charge is 0.145 e. The minimum Gasteiger partial charge on any atom is -0.387 e. The molecule has 1 aromatic heterocycles. The fraction of sp³-hybridized carbons (Fsp3) is 0.231. The molecule has 0 radical (unpaired) electrons. The number of thiophene rings is 1. The Balaban J connectivity index is 2.40. The third kappa shape index (κ3) is 2.93. The number of nitrogens with two attached hydrogens (primary N) is 1. The lowest BCUT2D eigenvalue weighted by atomic mass is 9.92. The van der Waals surface area contributed by atoms with Gasteiger partial charge in [0.05, 0.1) is 21.0 Å². The number of halogens is 3. The van der Waals surface area contributed by atoms with Gasteiger partial charge in [-0.15, -0.1) is 11.3 Å². The summed E-state index contributed by atoms with van der Waals surface area (Å²) in [5, 5.41) is 12.6. The summed E-state index contributed by atoms with van der Waals surface area (Å²) in [6.45, 7) is 0.0899. The first kappa shape index (κ1) is 14.8. The molecule has 2 nitrogen and oxygen atoms in total. The third-order valence-corrected chi connectivity index (χ3v) is 4.65. The molecular weight excluding hydrogens is 308 g/mol. The van der Waals surface area contributed by atoms with Gasteiger partial charge in [0.15, 0.2) is 0 Å². The summed E-state index contributed by atoms with van der Waals surface area (Å²) in [5.74, 6) is -1.14. The van der Waals surface area contributed by atoms with Gasteiger partial charge in [-0.05, 0) is 23.1 Å². The predicted octanol–water partition coefficient (Wildman–Crippen LogP) is 3.97. The molecule has 1 heterocycles. The number of benzene rings is 1. The highest BCUT2D eigenvalue weighted by atomic mass is 35.5. The molecule has 0 aliphatic rings. The first-order chi connectivity index (χ1) is 9.06. The summed E-state index contributed by atoms with van der Waals surface area (Å²) in [7, 11) is 0. The summed E-state index contributed by atoms with van der Waals surface area (Å²) in [6, 6.07) is 6.35. The number of aliphatic hydroxyl groups excluding tert-OH is 1. The minimum absolute atomic E-state index is 0.0143. The zero-order valence-corrected chi connectivity index (χ0v) is 12.1. The van der Waals surface area contributed by atoms with Crippen LogP contribution in [-0.2, 0) is 0 Å². The average molecular weight is 320 g/mol. The van der Waals surface area contributed by atoms with Crippen molar-refractivity contribution >= 4 is 34.5 Å². The van der Waals surface area contributed by atoms with Crippen LogP contribution in [0, 0.1) is 5.82 Å². The van der Waals surface area contributed by atoms with E-state index in [2.05, 4.69) is 0 Å². The maximum Gasteiger partial charge on any atom is 0.145 e. The Hall–Kier alpha value is -0.650. The van der Waals surface area contributed by atoms with Gasteiger partial charge in [0, 0.05) is 12.5 Å². The summed E-state index contributed by atoms with van der Waals surface area (Å²) in [5.41, 5.74) is 5.97. The molecule has 0 aliphatic heterocycles. The molecule has 19 heavy (non-hydrogen) atoms. The quantitative estimate of drug-likeness (QED) is 0.895. The first-order valence-electron chi connectivity index (χ1n) is 5.61. The highest BCUT2D eigenvalue weighted by Gasteiger charge is 2.27. The van der Waals surface area contributed by atoms with E-state index in [0.29, 0.717) is 15.5 Å². The van der Waals surface area contributed by atoms with Gasteiger partial charge < -0.3 is 10.8 Å². The maximum atomic E-state index is 14.0. The zero-order chi connectivity index (χ0) is 14.0. The van der Waals surface area contributed by atoms with Gasteiger partial charge in [0.2, 0.25) is 0 Å². The molecule has 0 saturated heterocycles. The van der Waals surface area contributed by atoms with Crippen LogP contribution in [0.5, 0.6) is 0 Å².